The number of ether oxygens (including phenoxy) is 1. The monoisotopic (exact) mass is 218 g/mol. The van der Waals surface area contributed by atoms with Gasteiger partial charge in [-0.2, -0.15) is 5.26 Å². The van der Waals surface area contributed by atoms with Crippen LogP contribution in [0.15, 0.2) is 12.1 Å². The summed E-state index contributed by atoms with van der Waals surface area (Å²) in [4.78, 5) is 11.6. The third-order valence-electron chi connectivity index (χ3n) is 2.48. The Kier molecular flexibility index (Phi) is 4.03. The molecule has 84 valence electrons. The van der Waals surface area contributed by atoms with E-state index in [1.807, 2.05) is 19.1 Å². The molecule has 0 fully saturated rings. The lowest BCUT2D eigenvalue weighted by atomic mass is 9.95. The van der Waals surface area contributed by atoms with Crippen molar-refractivity contribution in [3.05, 3.63) is 34.4 Å². The van der Waals surface area contributed by atoms with Crippen LogP contribution in [0, 0.1) is 11.3 Å². The Morgan fingerprint density at radius 1 is 1.50 bits per heavy atom. The van der Waals surface area contributed by atoms with Gasteiger partial charge in [0.25, 0.3) is 0 Å². The molecule has 0 unspecified atom stereocenters. The average Bonchev–Trinajstić information content (AvgIpc) is 2.35. The summed E-state index contributed by atoms with van der Waals surface area (Å²) in [6.07, 6.45) is 0.692. The van der Waals surface area contributed by atoms with Crippen LogP contribution in [-0.2, 0) is 17.7 Å². The Labute approximate surface area is 94.6 Å². The van der Waals surface area contributed by atoms with Crippen LogP contribution in [0.5, 0.6) is 0 Å². The van der Waals surface area contributed by atoms with Crippen LogP contribution in [0.25, 0.3) is 0 Å². The van der Waals surface area contributed by atoms with Gasteiger partial charge < -0.3 is 10.5 Å². The van der Waals surface area contributed by atoms with Gasteiger partial charge in [0.05, 0.1) is 18.2 Å². The van der Waals surface area contributed by atoms with Crippen molar-refractivity contribution in [3.63, 3.8) is 0 Å². The molecule has 0 aromatic heterocycles. The van der Waals surface area contributed by atoms with E-state index in [1.54, 1.807) is 6.07 Å². The topological polar surface area (TPSA) is 76.1 Å². The molecule has 0 aliphatic carbocycles. The first-order valence-corrected chi connectivity index (χ1v) is 5.02. The summed E-state index contributed by atoms with van der Waals surface area (Å²) in [5, 5.41) is 9.10. The van der Waals surface area contributed by atoms with Crippen molar-refractivity contribution in [3.8, 4) is 6.07 Å². The van der Waals surface area contributed by atoms with E-state index >= 15 is 0 Å². The van der Waals surface area contributed by atoms with Gasteiger partial charge in [-0.25, -0.2) is 4.79 Å². The average molecular weight is 218 g/mol. The van der Waals surface area contributed by atoms with Gasteiger partial charge in [0, 0.05) is 6.54 Å². The minimum atomic E-state index is -0.507. The minimum absolute atomic E-state index is 0.211. The molecule has 0 saturated heterocycles. The number of hydrogen-bond acceptors (Lipinski definition) is 4. The van der Waals surface area contributed by atoms with E-state index in [9.17, 15) is 4.79 Å². The molecule has 0 amide bonds. The molecule has 0 bridgehead atoms. The highest BCUT2D eigenvalue weighted by Gasteiger charge is 2.18. The SMILES string of the molecule is CCc1ccc(CN)c(C(=O)OC)c1C#N. The normalized spacial score (nSPS) is 9.62. The number of nitrogens with two attached hydrogens (primary N) is 1. The third kappa shape index (κ3) is 2.05. The van der Waals surface area contributed by atoms with Crippen LogP contribution < -0.4 is 5.73 Å². The number of benzene rings is 1. The van der Waals surface area contributed by atoms with Crippen LogP contribution in [0.2, 0.25) is 0 Å². The first-order valence-electron chi connectivity index (χ1n) is 5.02. The maximum Gasteiger partial charge on any atom is 0.339 e. The van der Waals surface area contributed by atoms with E-state index < -0.39 is 5.97 Å². The third-order valence-corrected chi connectivity index (χ3v) is 2.48. The quantitative estimate of drug-likeness (QED) is 0.777. The second-order valence-corrected chi connectivity index (χ2v) is 3.29. The molecule has 0 spiro atoms. The fourth-order valence-electron chi connectivity index (χ4n) is 1.62. The maximum atomic E-state index is 11.6. The van der Waals surface area contributed by atoms with Crippen LogP contribution in [0.4, 0.5) is 0 Å². The molecule has 1 rings (SSSR count). The van der Waals surface area contributed by atoms with E-state index in [0.717, 1.165) is 5.56 Å². The number of aryl methyl sites for hydroxylation is 1. The van der Waals surface area contributed by atoms with Crippen LogP contribution in [0.1, 0.15) is 34.0 Å². The van der Waals surface area contributed by atoms with Crippen molar-refractivity contribution in [2.24, 2.45) is 5.73 Å². The molecule has 1 aromatic carbocycles. The van der Waals surface area contributed by atoms with Crippen molar-refractivity contribution in [1.82, 2.24) is 0 Å². The van der Waals surface area contributed by atoms with Gasteiger partial charge in [0.2, 0.25) is 0 Å². The Morgan fingerprint density at radius 2 is 2.12 bits per heavy atom. The predicted octanol–water partition coefficient (Wildman–Crippen LogP) is 1.37. The van der Waals surface area contributed by atoms with Crippen molar-refractivity contribution in [1.29, 1.82) is 5.26 Å². The largest absolute Gasteiger partial charge is 0.465 e. The van der Waals surface area contributed by atoms with Gasteiger partial charge in [-0.3, -0.25) is 0 Å². The number of nitriles is 1. The van der Waals surface area contributed by atoms with Crippen molar-refractivity contribution in [2.45, 2.75) is 19.9 Å². The first kappa shape index (κ1) is 12.2. The van der Waals surface area contributed by atoms with Gasteiger partial charge in [-0.1, -0.05) is 19.1 Å². The Hall–Kier alpha value is -1.86. The summed E-state index contributed by atoms with van der Waals surface area (Å²) in [5.74, 6) is -0.507. The lowest BCUT2D eigenvalue weighted by Crippen LogP contribution is -2.13. The summed E-state index contributed by atoms with van der Waals surface area (Å²) in [6.45, 7) is 2.14. The summed E-state index contributed by atoms with van der Waals surface area (Å²) in [5.41, 5.74) is 7.68. The van der Waals surface area contributed by atoms with Gasteiger partial charge in [-0.15, -0.1) is 0 Å². The Morgan fingerprint density at radius 3 is 2.56 bits per heavy atom. The highest BCUT2D eigenvalue weighted by atomic mass is 16.5. The summed E-state index contributed by atoms with van der Waals surface area (Å²) in [7, 11) is 1.29. The molecule has 0 aliphatic rings. The van der Waals surface area contributed by atoms with Crippen LogP contribution in [-0.4, -0.2) is 13.1 Å². The molecule has 1 aromatic rings. The highest BCUT2D eigenvalue weighted by molar-refractivity contribution is 5.94. The molecule has 0 atom stereocenters. The number of esters is 1. The fraction of sp³-hybridized carbons (Fsp3) is 0.333. The molecule has 4 heteroatoms. The standard InChI is InChI=1S/C12H14N2O2/c1-3-8-4-5-9(6-13)11(10(8)7-14)12(15)16-2/h4-5H,3,6,13H2,1-2H3. The van der Waals surface area contributed by atoms with E-state index in [-0.39, 0.29) is 6.54 Å². The first-order chi connectivity index (χ1) is 7.69. The number of hydrogen-bond donors (Lipinski definition) is 1. The fourth-order valence-corrected chi connectivity index (χ4v) is 1.62. The minimum Gasteiger partial charge on any atom is -0.465 e. The molecule has 2 N–H and O–H groups in total. The van der Waals surface area contributed by atoms with Crippen LogP contribution in [0.3, 0.4) is 0 Å². The molecular weight excluding hydrogens is 204 g/mol. The van der Waals surface area contributed by atoms with Gasteiger partial charge in [-0.05, 0) is 17.5 Å². The lowest BCUT2D eigenvalue weighted by molar-refractivity contribution is 0.0599. The van der Waals surface area contributed by atoms with Crippen molar-refractivity contribution in [2.75, 3.05) is 7.11 Å². The summed E-state index contributed by atoms with van der Waals surface area (Å²) >= 11 is 0. The number of nitrogens with zero attached hydrogens (tertiary/aromatic N) is 1. The predicted molar refractivity (Wildman–Crippen MR) is 59.8 cm³/mol. The Balaban J connectivity index is 3.50. The number of carbonyl (C=O) groups is 1. The second kappa shape index (κ2) is 5.29. The zero-order valence-electron chi connectivity index (χ0n) is 9.41. The number of rotatable bonds is 3. The van der Waals surface area contributed by atoms with E-state index in [0.29, 0.717) is 23.1 Å². The van der Waals surface area contributed by atoms with Gasteiger partial charge in [0.1, 0.15) is 6.07 Å². The maximum absolute atomic E-state index is 11.6. The molecule has 0 aliphatic heterocycles. The van der Waals surface area contributed by atoms with Crippen LogP contribution >= 0.6 is 0 Å². The Bertz CT molecular complexity index is 447. The molecule has 0 radical (unpaired) electrons. The van der Waals surface area contributed by atoms with Crippen molar-refractivity contribution >= 4 is 5.97 Å². The number of carbonyl (C=O) groups excluding carboxylic acids is 1. The summed E-state index contributed by atoms with van der Waals surface area (Å²) in [6, 6.07) is 5.64. The molecule has 16 heavy (non-hydrogen) atoms. The smallest absolute Gasteiger partial charge is 0.339 e. The molecule has 0 heterocycles. The van der Waals surface area contributed by atoms with E-state index in [2.05, 4.69) is 4.74 Å². The van der Waals surface area contributed by atoms with E-state index in [4.69, 9.17) is 11.0 Å². The highest BCUT2D eigenvalue weighted by Crippen LogP contribution is 2.20. The zero-order valence-corrected chi connectivity index (χ0v) is 9.41. The summed E-state index contributed by atoms with van der Waals surface area (Å²) < 4.78 is 4.68. The van der Waals surface area contributed by atoms with Gasteiger partial charge >= 0.3 is 5.97 Å². The second-order valence-electron chi connectivity index (χ2n) is 3.29. The van der Waals surface area contributed by atoms with Gasteiger partial charge in [0.15, 0.2) is 0 Å². The molecular formula is C12H14N2O2. The van der Waals surface area contributed by atoms with Crippen molar-refractivity contribution < 1.29 is 9.53 Å². The lowest BCUT2D eigenvalue weighted by Gasteiger charge is -2.10. The molecule has 0 saturated carbocycles. The van der Waals surface area contributed by atoms with E-state index in [1.165, 1.54) is 7.11 Å². The zero-order chi connectivity index (χ0) is 12.1. The molecule has 4 nitrogen and oxygen atoms in total. The number of methoxy groups -OCH3 is 1.